The minimum Gasteiger partial charge on any atom is -0.496 e. The molecular formula is C17H16FNO3. The normalized spacial score (nSPS) is 10.5. The second-order valence-corrected chi connectivity index (χ2v) is 4.41. The molecule has 0 aliphatic rings. The molecule has 0 aromatic heterocycles. The summed E-state index contributed by atoms with van der Waals surface area (Å²) >= 11 is 0. The topological polar surface area (TPSA) is 47.6 Å². The molecule has 0 spiro atoms. The number of benzene rings is 2. The molecule has 2 aromatic carbocycles. The number of rotatable bonds is 5. The molecule has 0 aliphatic carbocycles. The van der Waals surface area contributed by atoms with Gasteiger partial charge in [-0.2, -0.15) is 0 Å². The third-order valence-electron chi connectivity index (χ3n) is 2.98. The van der Waals surface area contributed by atoms with Crippen molar-refractivity contribution in [1.82, 2.24) is 0 Å². The monoisotopic (exact) mass is 301 g/mol. The summed E-state index contributed by atoms with van der Waals surface area (Å²) in [7, 11) is 3.09. The van der Waals surface area contributed by atoms with Crippen molar-refractivity contribution in [3.63, 3.8) is 0 Å². The van der Waals surface area contributed by atoms with E-state index in [1.807, 2.05) is 0 Å². The molecule has 0 aliphatic heterocycles. The maximum absolute atomic E-state index is 12.8. The van der Waals surface area contributed by atoms with E-state index < -0.39 is 0 Å². The summed E-state index contributed by atoms with van der Waals surface area (Å²) in [5.74, 6) is 0.516. The summed E-state index contributed by atoms with van der Waals surface area (Å²) in [6.07, 6.45) is 2.97. The molecule has 0 unspecified atom stereocenters. The van der Waals surface area contributed by atoms with E-state index in [1.54, 1.807) is 38.5 Å². The average Bonchev–Trinajstić information content (AvgIpc) is 2.54. The van der Waals surface area contributed by atoms with E-state index in [0.29, 0.717) is 22.7 Å². The van der Waals surface area contributed by atoms with Crippen LogP contribution < -0.4 is 14.8 Å². The number of ether oxygens (including phenoxy) is 2. The smallest absolute Gasteiger partial charge is 0.248 e. The maximum Gasteiger partial charge on any atom is 0.248 e. The van der Waals surface area contributed by atoms with Gasteiger partial charge in [-0.1, -0.05) is 6.07 Å². The van der Waals surface area contributed by atoms with Crippen LogP contribution in [-0.4, -0.2) is 20.1 Å². The van der Waals surface area contributed by atoms with Gasteiger partial charge in [-0.3, -0.25) is 4.79 Å². The zero-order valence-corrected chi connectivity index (χ0v) is 12.3. The van der Waals surface area contributed by atoms with Crippen molar-refractivity contribution in [2.45, 2.75) is 0 Å². The van der Waals surface area contributed by atoms with Crippen molar-refractivity contribution >= 4 is 17.7 Å². The van der Waals surface area contributed by atoms with E-state index in [9.17, 15) is 9.18 Å². The Bertz CT molecular complexity index is 659. The van der Waals surface area contributed by atoms with Crippen LogP contribution in [0, 0.1) is 5.82 Å². The fraction of sp³-hybridized carbons (Fsp3) is 0.118. The van der Waals surface area contributed by atoms with Crippen LogP contribution in [0.4, 0.5) is 10.1 Å². The van der Waals surface area contributed by atoms with Crippen molar-refractivity contribution < 1.29 is 18.7 Å². The first-order chi connectivity index (χ1) is 10.6. The molecule has 0 bridgehead atoms. The lowest BCUT2D eigenvalue weighted by atomic mass is 10.1. The van der Waals surface area contributed by atoms with Crippen LogP contribution >= 0.6 is 0 Å². The fourth-order valence-corrected chi connectivity index (χ4v) is 1.92. The Morgan fingerprint density at radius 2 is 1.64 bits per heavy atom. The molecule has 4 nitrogen and oxygen atoms in total. The van der Waals surface area contributed by atoms with Crippen LogP contribution in [0.15, 0.2) is 48.5 Å². The van der Waals surface area contributed by atoms with Gasteiger partial charge in [0.15, 0.2) is 0 Å². The average molecular weight is 301 g/mol. The highest BCUT2D eigenvalue weighted by atomic mass is 19.1. The van der Waals surface area contributed by atoms with Crippen molar-refractivity contribution in [1.29, 1.82) is 0 Å². The first kappa shape index (κ1) is 15.6. The van der Waals surface area contributed by atoms with Crippen molar-refractivity contribution in [3.05, 3.63) is 59.9 Å². The Hall–Kier alpha value is -2.82. The molecular weight excluding hydrogens is 285 g/mol. The highest BCUT2D eigenvalue weighted by Gasteiger charge is 2.07. The first-order valence-corrected chi connectivity index (χ1v) is 6.59. The summed E-state index contributed by atoms with van der Waals surface area (Å²) in [4.78, 5) is 11.9. The number of hydrogen-bond acceptors (Lipinski definition) is 3. The second-order valence-electron chi connectivity index (χ2n) is 4.41. The van der Waals surface area contributed by atoms with E-state index in [2.05, 4.69) is 5.32 Å². The van der Waals surface area contributed by atoms with Crippen molar-refractivity contribution in [2.24, 2.45) is 0 Å². The Balaban J connectivity index is 2.14. The number of methoxy groups -OCH3 is 2. The Kier molecular flexibility index (Phi) is 5.14. The third-order valence-corrected chi connectivity index (χ3v) is 2.98. The molecule has 0 heterocycles. The molecule has 1 amide bonds. The number of nitrogens with one attached hydrogen (secondary N) is 1. The first-order valence-electron chi connectivity index (χ1n) is 6.59. The van der Waals surface area contributed by atoms with Gasteiger partial charge < -0.3 is 14.8 Å². The van der Waals surface area contributed by atoms with E-state index in [0.717, 1.165) is 0 Å². The molecule has 22 heavy (non-hydrogen) atoms. The third kappa shape index (κ3) is 3.85. The molecule has 0 atom stereocenters. The van der Waals surface area contributed by atoms with E-state index in [-0.39, 0.29) is 11.7 Å². The standard InChI is InChI=1S/C17H16FNO3/c1-21-15-4-3-5-16(22-2)14(15)10-11-17(20)19-13-8-6-12(18)7-9-13/h3-11H,1-2H3,(H,19,20)/b11-10+. The number of anilines is 1. The van der Waals surface area contributed by atoms with Gasteiger partial charge in [0.2, 0.25) is 5.91 Å². The van der Waals surface area contributed by atoms with Crippen LogP contribution in [-0.2, 0) is 4.79 Å². The van der Waals surface area contributed by atoms with Crippen molar-refractivity contribution in [3.8, 4) is 11.5 Å². The Labute approximate surface area is 128 Å². The van der Waals surface area contributed by atoms with Gasteiger partial charge in [-0.05, 0) is 42.5 Å². The quantitative estimate of drug-likeness (QED) is 0.860. The van der Waals surface area contributed by atoms with E-state index in [4.69, 9.17) is 9.47 Å². The van der Waals surface area contributed by atoms with Crippen LogP contribution in [0.5, 0.6) is 11.5 Å². The van der Waals surface area contributed by atoms with Crippen molar-refractivity contribution in [2.75, 3.05) is 19.5 Å². The van der Waals surface area contributed by atoms with Gasteiger partial charge in [-0.25, -0.2) is 4.39 Å². The second kappa shape index (κ2) is 7.26. The van der Waals surface area contributed by atoms with Crippen LogP contribution in [0.2, 0.25) is 0 Å². The summed E-state index contributed by atoms with van der Waals surface area (Å²) in [6, 6.07) is 10.9. The molecule has 2 rings (SSSR count). The molecule has 2 aromatic rings. The number of hydrogen-bond donors (Lipinski definition) is 1. The van der Waals surface area contributed by atoms with Gasteiger partial charge in [0, 0.05) is 11.8 Å². The summed E-state index contributed by atoms with van der Waals surface area (Å²) in [6.45, 7) is 0. The molecule has 114 valence electrons. The zero-order chi connectivity index (χ0) is 15.9. The summed E-state index contributed by atoms with van der Waals surface area (Å²) < 4.78 is 23.3. The van der Waals surface area contributed by atoms with Crippen LogP contribution in [0.25, 0.3) is 6.08 Å². The molecule has 0 saturated carbocycles. The minimum absolute atomic E-state index is 0.334. The lowest BCUT2D eigenvalue weighted by Gasteiger charge is -2.09. The molecule has 5 heteroatoms. The van der Waals surface area contributed by atoms with Crippen LogP contribution in [0.3, 0.4) is 0 Å². The number of carbonyl (C=O) groups is 1. The highest BCUT2D eigenvalue weighted by molar-refractivity contribution is 6.02. The molecule has 1 N–H and O–H groups in total. The van der Waals surface area contributed by atoms with Gasteiger partial charge >= 0.3 is 0 Å². The largest absolute Gasteiger partial charge is 0.496 e. The summed E-state index contributed by atoms with van der Waals surface area (Å²) in [5.41, 5.74) is 1.18. The Morgan fingerprint density at radius 1 is 1.05 bits per heavy atom. The van der Waals surface area contributed by atoms with Gasteiger partial charge in [0.05, 0.1) is 19.8 Å². The molecule has 0 radical (unpaired) electrons. The van der Waals surface area contributed by atoms with Gasteiger partial charge in [-0.15, -0.1) is 0 Å². The fourth-order valence-electron chi connectivity index (χ4n) is 1.92. The van der Waals surface area contributed by atoms with E-state index in [1.165, 1.54) is 30.3 Å². The maximum atomic E-state index is 12.8. The lowest BCUT2D eigenvalue weighted by Crippen LogP contribution is -2.07. The molecule has 0 fully saturated rings. The number of amides is 1. The SMILES string of the molecule is COc1cccc(OC)c1/C=C/C(=O)Nc1ccc(F)cc1. The van der Waals surface area contributed by atoms with Crippen LogP contribution in [0.1, 0.15) is 5.56 Å². The Morgan fingerprint density at radius 3 is 2.18 bits per heavy atom. The zero-order valence-electron chi connectivity index (χ0n) is 12.3. The highest BCUT2D eigenvalue weighted by Crippen LogP contribution is 2.29. The number of carbonyl (C=O) groups excluding carboxylic acids is 1. The molecule has 0 saturated heterocycles. The lowest BCUT2D eigenvalue weighted by molar-refractivity contribution is -0.111. The van der Waals surface area contributed by atoms with Gasteiger partial charge in [0.1, 0.15) is 17.3 Å². The summed E-state index contributed by atoms with van der Waals surface area (Å²) in [5, 5.41) is 2.64. The van der Waals surface area contributed by atoms with E-state index >= 15 is 0 Å². The predicted octanol–water partition coefficient (Wildman–Crippen LogP) is 3.49. The van der Waals surface area contributed by atoms with Gasteiger partial charge in [0.25, 0.3) is 0 Å². The minimum atomic E-state index is -0.354. The predicted molar refractivity (Wildman–Crippen MR) is 83.6 cm³/mol. The number of halogens is 1.